The van der Waals surface area contributed by atoms with Gasteiger partial charge in [0.05, 0.1) is 4.91 Å². The molecule has 32 heavy (non-hydrogen) atoms. The minimum atomic E-state index is -0.481. The number of hydrogen-bond acceptors (Lipinski definition) is 6. The van der Waals surface area contributed by atoms with E-state index in [1.807, 2.05) is 42.1 Å². The molecule has 5 rings (SSSR count). The Bertz CT molecular complexity index is 1300. The van der Waals surface area contributed by atoms with Crippen molar-refractivity contribution < 1.29 is 23.9 Å². The number of thioether (sulfide) groups is 1. The van der Waals surface area contributed by atoms with E-state index in [1.54, 1.807) is 24.3 Å². The molecule has 3 aromatic rings. The number of aryl methyl sites for hydroxylation is 1. The van der Waals surface area contributed by atoms with Crippen LogP contribution < -0.4 is 14.8 Å². The zero-order valence-electron chi connectivity index (χ0n) is 17.2. The van der Waals surface area contributed by atoms with Gasteiger partial charge < -0.3 is 19.4 Å². The third-order valence-corrected chi connectivity index (χ3v) is 6.12. The smallest absolute Gasteiger partial charge is 0.294 e. The molecule has 8 nitrogen and oxygen atoms in total. The van der Waals surface area contributed by atoms with E-state index in [9.17, 15) is 14.4 Å². The van der Waals surface area contributed by atoms with Crippen LogP contribution in [0.3, 0.4) is 0 Å². The number of hydrogen-bond donors (Lipinski definition) is 1. The summed E-state index contributed by atoms with van der Waals surface area (Å²) < 4.78 is 12.9. The number of fused-ring (bicyclic) bond motifs is 2. The van der Waals surface area contributed by atoms with Crippen LogP contribution in [0.4, 0.5) is 10.5 Å². The van der Waals surface area contributed by atoms with Gasteiger partial charge in [0, 0.05) is 41.5 Å². The summed E-state index contributed by atoms with van der Waals surface area (Å²) in [5.74, 6) is 0.192. The second-order valence-corrected chi connectivity index (χ2v) is 8.38. The number of aromatic nitrogens is 1. The average molecular weight is 449 g/mol. The zero-order chi connectivity index (χ0) is 22.2. The van der Waals surface area contributed by atoms with E-state index >= 15 is 0 Å². The fraction of sp³-hybridized carbons (Fsp3) is 0.174. The number of rotatable bonds is 4. The van der Waals surface area contributed by atoms with Gasteiger partial charge in [0.25, 0.3) is 11.1 Å². The van der Waals surface area contributed by atoms with Crippen molar-refractivity contribution in [1.29, 1.82) is 0 Å². The minimum Gasteiger partial charge on any atom is -0.486 e. The van der Waals surface area contributed by atoms with Gasteiger partial charge in [-0.1, -0.05) is 18.2 Å². The molecule has 2 aliphatic rings. The predicted octanol–water partition coefficient (Wildman–Crippen LogP) is 3.62. The molecule has 0 spiro atoms. The number of imide groups is 1. The van der Waals surface area contributed by atoms with E-state index in [0.29, 0.717) is 35.3 Å². The first-order valence-corrected chi connectivity index (χ1v) is 10.8. The summed E-state index contributed by atoms with van der Waals surface area (Å²) in [4.78, 5) is 39.0. The zero-order valence-corrected chi connectivity index (χ0v) is 18.0. The quantitative estimate of drug-likeness (QED) is 0.612. The second kappa shape index (κ2) is 8.08. The van der Waals surface area contributed by atoms with Crippen LogP contribution in [0.2, 0.25) is 0 Å². The van der Waals surface area contributed by atoms with Gasteiger partial charge in [-0.3, -0.25) is 19.3 Å². The fourth-order valence-electron chi connectivity index (χ4n) is 3.73. The lowest BCUT2D eigenvalue weighted by Gasteiger charge is -2.19. The highest BCUT2D eigenvalue weighted by Gasteiger charge is 2.36. The molecule has 0 saturated carbocycles. The van der Waals surface area contributed by atoms with Crippen LogP contribution in [0.15, 0.2) is 53.6 Å². The molecule has 9 heteroatoms. The first-order valence-electron chi connectivity index (χ1n) is 9.98. The molecule has 0 radical (unpaired) electrons. The number of para-hydroxylation sites is 1. The molecule has 2 aliphatic heterocycles. The second-order valence-electron chi connectivity index (χ2n) is 7.39. The van der Waals surface area contributed by atoms with Crippen molar-refractivity contribution in [3.05, 3.63) is 59.1 Å². The number of carbonyl (C=O) groups excluding carboxylic acids is 3. The Morgan fingerprint density at radius 1 is 1.12 bits per heavy atom. The lowest BCUT2D eigenvalue weighted by Crippen LogP contribution is -2.36. The Morgan fingerprint density at radius 2 is 1.91 bits per heavy atom. The van der Waals surface area contributed by atoms with Gasteiger partial charge in [-0.15, -0.1) is 0 Å². The number of carbonyl (C=O) groups is 3. The summed E-state index contributed by atoms with van der Waals surface area (Å²) in [6, 6.07) is 12.9. The molecule has 3 heterocycles. The molecule has 1 saturated heterocycles. The highest BCUT2D eigenvalue weighted by atomic mass is 32.2. The van der Waals surface area contributed by atoms with Crippen molar-refractivity contribution in [1.82, 2.24) is 9.47 Å². The Hall–Kier alpha value is -3.72. The van der Waals surface area contributed by atoms with E-state index in [2.05, 4.69) is 5.32 Å². The summed E-state index contributed by atoms with van der Waals surface area (Å²) in [6.45, 7) is 0.542. The average Bonchev–Trinajstić information content (AvgIpc) is 3.25. The molecule has 162 valence electrons. The number of benzene rings is 2. The van der Waals surface area contributed by atoms with Gasteiger partial charge in [-0.25, -0.2) is 0 Å². The van der Waals surface area contributed by atoms with Gasteiger partial charge in [0.1, 0.15) is 19.8 Å². The molecule has 0 atom stereocenters. The molecular weight excluding hydrogens is 430 g/mol. The van der Waals surface area contributed by atoms with Crippen molar-refractivity contribution in [2.45, 2.75) is 0 Å². The van der Waals surface area contributed by atoms with E-state index < -0.39 is 17.1 Å². The molecule has 2 aromatic carbocycles. The van der Waals surface area contributed by atoms with Crippen LogP contribution in [-0.2, 0) is 16.6 Å². The molecule has 1 fully saturated rings. The lowest BCUT2D eigenvalue weighted by molar-refractivity contribution is -0.127. The molecular formula is C23H19N3O5S. The van der Waals surface area contributed by atoms with Crippen LogP contribution in [0, 0.1) is 0 Å². The Morgan fingerprint density at radius 3 is 2.75 bits per heavy atom. The maximum atomic E-state index is 12.8. The van der Waals surface area contributed by atoms with Crippen LogP contribution in [-0.4, -0.2) is 46.3 Å². The maximum Gasteiger partial charge on any atom is 0.294 e. The van der Waals surface area contributed by atoms with E-state index in [0.717, 1.165) is 33.1 Å². The van der Waals surface area contributed by atoms with Crippen molar-refractivity contribution >= 4 is 51.5 Å². The predicted molar refractivity (Wildman–Crippen MR) is 122 cm³/mol. The Balaban J connectivity index is 1.31. The van der Waals surface area contributed by atoms with Crippen LogP contribution >= 0.6 is 11.8 Å². The fourth-order valence-corrected chi connectivity index (χ4v) is 4.56. The normalized spacial score (nSPS) is 16.8. The summed E-state index contributed by atoms with van der Waals surface area (Å²) in [7, 11) is 1.92. The first kappa shape index (κ1) is 20.2. The molecule has 0 unspecified atom stereocenters. The number of amides is 3. The topological polar surface area (TPSA) is 89.9 Å². The van der Waals surface area contributed by atoms with Crippen molar-refractivity contribution in [3.63, 3.8) is 0 Å². The van der Waals surface area contributed by atoms with E-state index in [1.165, 1.54) is 0 Å². The van der Waals surface area contributed by atoms with E-state index in [-0.39, 0.29) is 6.54 Å². The third kappa shape index (κ3) is 3.71. The minimum absolute atomic E-state index is 0.290. The summed E-state index contributed by atoms with van der Waals surface area (Å²) in [6.07, 6.45) is 3.61. The highest BCUT2D eigenvalue weighted by Crippen LogP contribution is 2.35. The van der Waals surface area contributed by atoms with Gasteiger partial charge >= 0.3 is 0 Å². The van der Waals surface area contributed by atoms with Gasteiger partial charge in [0.15, 0.2) is 11.5 Å². The van der Waals surface area contributed by atoms with Crippen molar-refractivity contribution in [3.8, 4) is 11.5 Å². The molecule has 1 N–H and O–H groups in total. The van der Waals surface area contributed by atoms with Crippen LogP contribution in [0.5, 0.6) is 11.5 Å². The monoisotopic (exact) mass is 449 g/mol. The number of nitrogens with zero attached hydrogens (tertiary/aromatic N) is 2. The summed E-state index contributed by atoms with van der Waals surface area (Å²) in [5, 5.41) is 3.21. The SMILES string of the molecule is Cn1cc(/C=C2/SC(=O)N(CC(=O)Nc3ccc4c(c3)OCCO4)C2=O)c2ccccc21. The van der Waals surface area contributed by atoms with Gasteiger partial charge in [-0.2, -0.15) is 0 Å². The number of nitrogens with one attached hydrogen (secondary N) is 1. The standard InChI is InChI=1S/C23H19N3O5S/c1-25-12-14(16-4-2-3-5-17(16)25)10-20-22(28)26(23(29)32-20)13-21(27)24-15-6-7-18-19(11-15)31-9-8-30-18/h2-7,10-12H,8-9,13H2,1H3,(H,24,27)/b20-10+. The molecule has 0 bridgehead atoms. The van der Waals surface area contributed by atoms with Gasteiger partial charge in [-0.05, 0) is 36.0 Å². The molecule has 3 amide bonds. The Labute approximate surface area is 187 Å². The number of ether oxygens (including phenoxy) is 2. The first-order chi connectivity index (χ1) is 15.5. The molecule has 0 aliphatic carbocycles. The third-order valence-electron chi connectivity index (χ3n) is 5.22. The lowest BCUT2D eigenvalue weighted by atomic mass is 10.1. The molecule has 1 aromatic heterocycles. The summed E-state index contributed by atoms with van der Waals surface area (Å²) >= 11 is 0.834. The Kier molecular flexibility index (Phi) is 5.10. The van der Waals surface area contributed by atoms with Gasteiger partial charge in [0.2, 0.25) is 5.91 Å². The number of anilines is 1. The maximum absolute atomic E-state index is 12.8. The van der Waals surface area contributed by atoms with Crippen LogP contribution in [0.1, 0.15) is 5.56 Å². The summed E-state index contributed by atoms with van der Waals surface area (Å²) in [5.41, 5.74) is 2.36. The highest BCUT2D eigenvalue weighted by molar-refractivity contribution is 8.18. The van der Waals surface area contributed by atoms with Crippen molar-refractivity contribution in [2.24, 2.45) is 7.05 Å². The van der Waals surface area contributed by atoms with Crippen molar-refractivity contribution in [2.75, 3.05) is 25.1 Å². The van der Waals surface area contributed by atoms with Crippen LogP contribution in [0.25, 0.3) is 17.0 Å². The largest absolute Gasteiger partial charge is 0.486 e. The van der Waals surface area contributed by atoms with E-state index in [4.69, 9.17) is 9.47 Å².